The Labute approximate surface area is 136 Å². The van der Waals surface area contributed by atoms with Crippen LogP contribution in [0.3, 0.4) is 0 Å². The minimum absolute atomic E-state index is 0.181. The molecule has 1 radical (unpaired) electrons. The zero-order chi connectivity index (χ0) is 15.4. The molecule has 1 saturated heterocycles. The van der Waals surface area contributed by atoms with Crippen LogP contribution in [-0.4, -0.2) is 19.3 Å². The molecule has 0 bridgehead atoms. The number of benzene rings is 2. The molecular weight excluding hydrogens is 296 g/mol. The van der Waals surface area contributed by atoms with Crippen LogP contribution in [0.1, 0.15) is 23.1 Å². The molecule has 1 atom stereocenters. The molecular formula is C19H18ClO2. The van der Waals surface area contributed by atoms with Gasteiger partial charge in [0, 0.05) is 11.4 Å². The molecule has 0 N–H and O–H groups in total. The Bertz CT molecular complexity index is 643. The Kier molecular flexibility index (Phi) is 4.81. The van der Waals surface area contributed by atoms with E-state index >= 15 is 0 Å². The molecule has 1 heterocycles. The van der Waals surface area contributed by atoms with Crippen LogP contribution in [0.15, 0.2) is 49.0 Å². The first kappa shape index (κ1) is 15.1. The van der Waals surface area contributed by atoms with Gasteiger partial charge in [-0.1, -0.05) is 36.4 Å². The second-order valence-corrected chi connectivity index (χ2v) is 5.81. The summed E-state index contributed by atoms with van der Waals surface area (Å²) >= 11 is 6.26. The van der Waals surface area contributed by atoms with Gasteiger partial charge in [-0.3, -0.25) is 0 Å². The van der Waals surface area contributed by atoms with Crippen molar-refractivity contribution in [3.63, 3.8) is 0 Å². The summed E-state index contributed by atoms with van der Waals surface area (Å²) in [5.41, 5.74) is 3.23. The van der Waals surface area contributed by atoms with Crippen molar-refractivity contribution < 1.29 is 9.47 Å². The van der Waals surface area contributed by atoms with Gasteiger partial charge in [0.25, 0.3) is 0 Å². The van der Waals surface area contributed by atoms with Crippen molar-refractivity contribution in [1.29, 1.82) is 0 Å². The van der Waals surface area contributed by atoms with E-state index in [1.165, 1.54) is 5.56 Å². The highest BCUT2D eigenvalue weighted by molar-refractivity contribution is 6.31. The number of halogens is 1. The first-order valence-electron chi connectivity index (χ1n) is 7.39. The maximum Gasteiger partial charge on any atom is 0.124 e. The summed E-state index contributed by atoms with van der Waals surface area (Å²) < 4.78 is 11.2. The van der Waals surface area contributed by atoms with Gasteiger partial charge in [0.05, 0.1) is 13.2 Å². The summed E-state index contributed by atoms with van der Waals surface area (Å²) in [6.45, 7) is 5.15. The molecule has 113 valence electrons. The fourth-order valence-corrected chi connectivity index (χ4v) is 2.71. The fraction of sp³-hybridized carbons (Fsp3) is 0.263. The van der Waals surface area contributed by atoms with Crippen molar-refractivity contribution in [2.45, 2.75) is 18.9 Å². The van der Waals surface area contributed by atoms with Crippen molar-refractivity contribution in [3.05, 3.63) is 76.8 Å². The molecule has 1 unspecified atom stereocenters. The van der Waals surface area contributed by atoms with E-state index < -0.39 is 0 Å². The van der Waals surface area contributed by atoms with E-state index in [1.54, 1.807) is 0 Å². The second-order valence-electron chi connectivity index (χ2n) is 5.41. The fourth-order valence-electron chi connectivity index (χ4n) is 2.52. The van der Waals surface area contributed by atoms with E-state index in [1.807, 2.05) is 30.3 Å². The lowest BCUT2D eigenvalue weighted by atomic mass is 10.0. The number of ether oxygens (including phenoxy) is 2. The van der Waals surface area contributed by atoms with E-state index in [9.17, 15) is 0 Å². The van der Waals surface area contributed by atoms with E-state index in [4.69, 9.17) is 21.1 Å². The van der Waals surface area contributed by atoms with Gasteiger partial charge in [0.2, 0.25) is 0 Å². The summed E-state index contributed by atoms with van der Waals surface area (Å²) in [5.74, 6) is 0.888. The van der Waals surface area contributed by atoms with Gasteiger partial charge in [-0.15, -0.1) is 0 Å². The summed E-state index contributed by atoms with van der Waals surface area (Å²) in [7, 11) is 0. The van der Waals surface area contributed by atoms with Crippen molar-refractivity contribution in [3.8, 4) is 5.75 Å². The standard InChI is InChI=1S/C19H18ClO2/c1-2-14-5-8-19(20)16(11-14)12-15-3-6-17(7-4-15)22-18-9-10-21-13-18/h3-8,11,18H,1,9-10,12-13H2. The lowest BCUT2D eigenvalue weighted by molar-refractivity contribution is 0.141. The molecule has 2 aromatic rings. The molecule has 1 aliphatic rings. The minimum atomic E-state index is 0.181. The topological polar surface area (TPSA) is 18.5 Å². The van der Waals surface area contributed by atoms with E-state index in [0.29, 0.717) is 6.61 Å². The van der Waals surface area contributed by atoms with Crippen LogP contribution in [0.25, 0.3) is 0 Å². The van der Waals surface area contributed by atoms with Crippen LogP contribution >= 0.6 is 11.6 Å². The summed E-state index contributed by atoms with van der Waals surface area (Å²) in [4.78, 5) is 0. The van der Waals surface area contributed by atoms with Crippen LogP contribution in [0, 0.1) is 6.08 Å². The van der Waals surface area contributed by atoms with Gasteiger partial charge in [-0.05, 0) is 53.5 Å². The quantitative estimate of drug-likeness (QED) is 0.812. The third-order valence-electron chi connectivity index (χ3n) is 3.76. The molecule has 3 heteroatoms. The highest BCUT2D eigenvalue weighted by Crippen LogP contribution is 2.23. The van der Waals surface area contributed by atoms with Crippen LogP contribution < -0.4 is 4.74 Å². The third kappa shape index (κ3) is 3.70. The Hall–Kier alpha value is -1.77. The molecule has 2 nitrogen and oxygen atoms in total. The highest BCUT2D eigenvalue weighted by atomic mass is 35.5. The molecule has 22 heavy (non-hydrogen) atoms. The Balaban J connectivity index is 1.69. The summed E-state index contributed by atoms with van der Waals surface area (Å²) in [6.07, 6.45) is 4.81. The molecule has 0 saturated carbocycles. The van der Waals surface area contributed by atoms with Crippen LogP contribution in [-0.2, 0) is 11.2 Å². The average molecular weight is 314 g/mol. The van der Waals surface area contributed by atoms with Crippen LogP contribution in [0.5, 0.6) is 5.75 Å². The maximum absolute atomic E-state index is 6.26. The SMILES string of the molecule is C=[C]c1ccc(Cl)c(Cc2ccc(OC3CCOC3)cc2)c1. The van der Waals surface area contributed by atoms with Gasteiger partial charge in [0.15, 0.2) is 0 Å². The molecule has 0 amide bonds. The van der Waals surface area contributed by atoms with Gasteiger partial charge in [0.1, 0.15) is 11.9 Å². The van der Waals surface area contributed by atoms with Crippen molar-refractivity contribution in [2.75, 3.05) is 13.2 Å². The Morgan fingerprint density at radius 2 is 2.05 bits per heavy atom. The smallest absolute Gasteiger partial charge is 0.124 e. The first-order chi connectivity index (χ1) is 10.7. The number of hydrogen-bond acceptors (Lipinski definition) is 2. The third-order valence-corrected chi connectivity index (χ3v) is 4.13. The van der Waals surface area contributed by atoms with Gasteiger partial charge in [-0.25, -0.2) is 0 Å². The van der Waals surface area contributed by atoms with E-state index in [2.05, 4.69) is 24.8 Å². The normalized spacial score (nSPS) is 17.4. The van der Waals surface area contributed by atoms with E-state index in [-0.39, 0.29) is 6.10 Å². The largest absolute Gasteiger partial charge is 0.488 e. The first-order valence-corrected chi connectivity index (χ1v) is 7.77. The molecule has 3 rings (SSSR count). The minimum Gasteiger partial charge on any atom is -0.488 e. The summed E-state index contributed by atoms with van der Waals surface area (Å²) in [6, 6.07) is 14.0. The molecule has 1 fully saturated rings. The van der Waals surface area contributed by atoms with Crippen molar-refractivity contribution in [2.24, 2.45) is 0 Å². The Morgan fingerprint density at radius 1 is 1.23 bits per heavy atom. The van der Waals surface area contributed by atoms with Crippen molar-refractivity contribution >= 4 is 11.6 Å². The molecule has 0 aromatic heterocycles. The van der Waals surface area contributed by atoms with Gasteiger partial charge in [-0.2, -0.15) is 0 Å². The lowest BCUT2D eigenvalue weighted by Gasteiger charge is -2.12. The second kappa shape index (κ2) is 6.99. The molecule has 0 aliphatic carbocycles. The monoisotopic (exact) mass is 313 g/mol. The van der Waals surface area contributed by atoms with Gasteiger partial charge < -0.3 is 9.47 Å². The number of hydrogen-bond donors (Lipinski definition) is 0. The molecule has 0 spiro atoms. The predicted octanol–water partition coefficient (Wildman–Crippen LogP) is 4.44. The molecule has 2 aromatic carbocycles. The van der Waals surface area contributed by atoms with Crippen LogP contribution in [0.4, 0.5) is 0 Å². The van der Waals surface area contributed by atoms with Gasteiger partial charge >= 0.3 is 0 Å². The maximum atomic E-state index is 6.26. The average Bonchev–Trinajstić information content (AvgIpc) is 3.04. The predicted molar refractivity (Wildman–Crippen MR) is 88.5 cm³/mol. The zero-order valence-corrected chi connectivity index (χ0v) is 13.1. The molecule has 1 aliphatic heterocycles. The highest BCUT2D eigenvalue weighted by Gasteiger charge is 2.16. The van der Waals surface area contributed by atoms with E-state index in [0.717, 1.165) is 41.3 Å². The zero-order valence-electron chi connectivity index (χ0n) is 12.3. The summed E-state index contributed by atoms with van der Waals surface area (Å²) in [5, 5.41) is 0.766. The number of rotatable bonds is 5. The van der Waals surface area contributed by atoms with Crippen LogP contribution in [0.2, 0.25) is 5.02 Å². The lowest BCUT2D eigenvalue weighted by Crippen LogP contribution is -2.15. The Morgan fingerprint density at radius 3 is 2.73 bits per heavy atom. The van der Waals surface area contributed by atoms with Crippen molar-refractivity contribution in [1.82, 2.24) is 0 Å².